The molecule has 132 valence electrons. The highest BCUT2D eigenvalue weighted by Gasteiger charge is 2.35. The van der Waals surface area contributed by atoms with Crippen molar-refractivity contribution in [3.8, 4) is 11.3 Å². The minimum absolute atomic E-state index is 0.0700. The Balaban J connectivity index is 2.02. The summed E-state index contributed by atoms with van der Waals surface area (Å²) in [6.07, 6.45) is -3.67. The van der Waals surface area contributed by atoms with E-state index in [-0.39, 0.29) is 17.7 Å². The summed E-state index contributed by atoms with van der Waals surface area (Å²) in [6.45, 7) is 2.54. The lowest BCUT2D eigenvalue weighted by atomic mass is 10.1. The molecular weight excluding hydrogens is 335 g/mol. The molecule has 5 nitrogen and oxygen atoms in total. The fourth-order valence-corrected chi connectivity index (χ4v) is 2.56. The van der Waals surface area contributed by atoms with E-state index in [2.05, 4.69) is 14.7 Å². The van der Waals surface area contributed by atoms with Crippen LogP contribution in [-0.2, 0) is 10.9 Å². The molecule has 1 aliphatic heterocycles. The monoisotopic (exact) mass is 351 g/mol. The minimum atomic E-state index is -4.56. The van der Waals surface area contributed by atoms with Gasteiger partial charge in [-0.15, -0.1) is 0 Å². The Morgan fingerprint density at radius 2 is 1.92 bits per heavy atom. The van der Waals surface area contributed by atoms with Gasteiger partial charge in [-0.25, -0.2) is 14.8 Å². The molecule has 2 heterocycles. The summed E-state index contributed by atoms with van der Waals surface area (Å²) in [5.74, 6) is -0.444. The van der Waals surface area contributed by atoms with Crippen molar-refractivity contribution in [2.24, 2.45) is 0 Å². The Kier molecular flexibility index (Phi) is 4.36. The molecule has 0 saturated carbocycles. The normalized spacial score (nSPS) is 17.2. The molecule has 0 N–H and O–H groups in total. The van der Waals surface area contributed by atoms with Crippen molar-refractivity contribution in [2.75, 3.05) is 18.6 Å². The zero-order valence-corrected chi connectivity index (χ0v) is 13.7. The lowest BCUT2D eigenvalue weighted by Gasteiger charge is -2.39. The van der Waals surface area contributed by atoms with Crippen LogP contribution in [0, 0.1) is 0 Å². The van der Waals surface area contributed by atoms with Gasteiger partial charge in [0.2, 0.25) is 5.95 Å². The van der Waals surface area contributed by atoms with Gasteiger partial charge in [-0.3, -0.25) is 0 Å². The second-order valence-corrected chi connectivity index (χ2v) is 5.84. The Morgan fingerprint density at radius 3 is 2.40 bits per heavy atom. The molecule has 8 heteroatoms. The van der Waals surface area contributed by atoms with E-state index in [0.717, 1.165) is 12.5 Å². The number of hydrogen-bond donors (Lipinski definition) is 0. The fraction of sp³-hybridized carbons (Fsp3) is 0.353. The third-order valence-corrected chi connectivity index (χ3v) is 4.18. The van der Waals surface area contributed by atoms with Crippen molar-refractivity contribution in [2.45, 2.75) is 25.6 Å². The van der Waals surface area contributed by atoms with Gasteiger partial charge in [0.1, 0.15) is 0 Å². The number of ether oxygens (including phenoxy) is 1. The molecule has 1 aromatic heterocycles. The molecule has 0 bridgehead atoms. The third-order valence-electron chi connectivity index (χ3n) is 4.18. The first kappa shape index (κ1) is 17.2. The number of anilines is 1. The molecule has 25 heavy (non-hydrogen) atoms. The quantitative estimate of drug-likeness (QED) is 0.792. The SMILES string of the molecule is COC(=O)c1ccc(-c2cc(C(F)(F)F)nc(N3CCC3C)n2)cc1. The van der Waals surface area contributed by atoms with E-state index in [0.29, 0.717) is 17.7 Å². The highest BCUT2D eigenvalue weighted by Crippen LogP contribution is 2.33. The zero-order valence-electron chi connectivity index (χ0n) is 13.7. The number of methoxy groups -OCH3 is 1. The molecule has 1 fully saturated rings. The summed E-state index contributed by atoms with van der Waals surface area (Å²) in [6, 6.07) is 7.08. The first-order valence-corrected chi connectivity index (χ1v) is 7.71. The van der Waals surface area contributed by atoms with E-state index in [1.165, 1.54) is 31.4 Å². The molecule has 1 saturated heterocycles. The van der Waals surface area contributed by atoms with Crippen LogP contribution in [0.2, 0.25) is 0 Å². The Labute approximate surface area is 142 Å². The van der Waals surface area contributed by atoms with Crippen LogP contribution >= 0.6 is 0 Å². The second kappa shape index (κ2) is 6.34. The molecule has 1 aliphatic rings. The van der Waals surface area contributed by atoms with E-state index in [1.54, 1.807) is 4.90 Å². The number of carbonyl (C=O) groups is 1. The van der Waals surface area contributed by atoms with Gasteiger partial charge in [0.25, 0.3) is 0 Å². The largest absolute Gasteiger partial charge is 0.465 e. The topological polar surface area (TPSA) is 55.3 Å². The van der Waals surface area contributed by atoms with E-state index < -0.39 is 17.8 Å². The lowest BCUT2D eigenvalue weighted by Crippen LogP contribution is -2.46. The summed E-state index contributed by atoms with van der Waals surface area (Å²) < 4.78 is 44.2. The molecule has 0 radical (unpaired) electrons. The van der Waals surface area contributed by atoms with Gasteiger partial charge in [0, 0.05) is 18.2 Å². The van der Waals surface area contributed by atoms with Crippen molar-refractivity contribution < 1.29 is 22.7 Å². The zero-order chi connectivity index (χ0) is 18.2. The molecule has 1 aromatic carbocycles. The van der Waals surface area contributed by atoms with Gasteiger partial charge in [-0.05, 0) is 31.5 Å². The van der Waals surface area contributed by atoms with Crippen LogP contribution in [0.3, 0.4) is 0 Å². The predicted octanol–water partition coefficient (Wildman–Crippen LogP) is 3.55. The number of hydrogen-bond acceptors (Lipinski definition) is 5. The van der Waals surface area contributed by atoms with Crippen LogP contribution < -0.4 is 4.90 Å². The number of aromatic nitrogens is 2. The summed E-state index contributed by atoms with van der Waals surface area (Å²) in [5, 5.41) is 0. The molecule has 1 unspecified atom stereocenters. The minimum Gasteiger partial charge on any atom is -0.465 e. The van der Waals surface area contributed by atoms with Gasteiger partial charge in [-0.2, -0.15) is 13.2 Å². The van der Waals surface area contributed by atoms with E-state index in [4.69, 9.17) is 0 Å². The Bertz CT molecular complexity index is 791. The second-order valence-electron chi connectivity index (χ2n) is 5.84. The summed E-state index contributed by atoms with van der Waals surface area (Å²) in [4.78, 5) is 21.2. The number of alkyl halides is 3. The van der Waals surface area contributed by atoms with Crippen LogP contribution in [0.1, 0.15) is 29.4 Å². The molecule has 2 aromatic rings. The van der Waals surface area contributed by atoms with Crippen molar-refractivity contribution in [1.29, 1.82) is 0 Å². The van der Waals surface area contributed by atoms with Gasteiger partial charge >= 0.3 is 12.1 Å². The van der Waals surface area contributed by atoms with Crippen molar-refractivity contribution in [1.82, 2.24) is 9.97 Å². The number of nitrogens with zero attached hydrogens (tertiary/aromatic N) is 3. The molecule has 0 spiro atoms. The standard InChI is InChI=1S/C17H16F3N3O2/c1-10-7-8-23(10)16-21-13(9-14(22-16)17(18,19)20)11-3-5-12(6-4-11)15(24)25-2/h3-6,9-10H,7-8H2,1-2H3. The van der Waals surface area contributed by atoms with E-state index in [9.17, 15) is 18.0 Å². The average Bonchev–Trinajstić information content (AvgIpc) is 2.59. The van der Waals surface area contributed by atoms with Crippen LogP contribution in [0.15, 0.2) is 30.3 Å². The first-order chi connectivity index (χ1) is 11.8. The number of rotatable bonds is 3. The van der Waals surface area contributed by atoms with Crippen molar-refractivity contribution in [3.63, 3.8) is 0 Å². The maximum absolute atomic E-state index is 13.2. The summed E-state index contributed by atoms with van der Waals surface area (Å²) >= 11 is 0. The number of benzene rings is 1. The fourth-order valence-electron chi connectivity index (χ4n) is 2.56. The van der Waals surface area contributed by atoms with E-state index >= 15 is 0 Å². The summed E-state index contributed by atoms with van der Waals surface area (Å²) in [5.41, 5.74) is -0.0422. The maximum atomic E-state index is 13.2. The van der Waals surface area contributed by atoms with Gasteiger partial charge in [0.05, 0.1) is 18.4 Å². The van der Waals surface area contributed by atoms with Crippen molar-refractivity contribution in [3.05, 3.63) is 41.6 Å². The summed E-state index contributed by atoms with van der Waals surface area (Å²) in [7, 11) is 1.26. The number of halogens is 3. The van der Waals surface area contributed by atoms with Crippen LogP contribution in [-0.4, -0.2) is 35.6 Å². The van der Waals surface area contributed by atoms with Gasteiger partial charge < -0.3 is 9.64 Å². The van der Waals surface area contributed by atoms with Gasteiger partial charge in [0.15, 0.2) is 5.69 Å². The molecule has 0 amide bonds. The van der Waals surface area contributed by atoms with Crippen LogP contribution in [0.4, 0.5) is 19.1 Å². The van der Waals surface area contributed by atoms with Crippen LogP contribution in [0.5, 0.6) is 0 Å². The Hall–Kier alpha value is -2.64. The maximum Gasteiger partial charge on any atom is 0.433 e. The Morgan fingerprint density at radius 1 is 1.24 bits per heavy atom. The number of carbonyl (C=O) groups excluding carboxylic acids is 1. The van der Waals surface area contributed by atoms with Crippen molar-refractivity contribution >= 4 is 11.9 Å². The molecule has 3 rings (SSSR count). The highest BCUT2D eigenvalue weighted by atomic mass is 19.4. The van der Waals surface area contributed by atoms with E-state index in [1.807, 2.05) is 6.92 Å². The smallest absolute Gasteiger partial charge is 0.433 e. The molecule has 0 aliphatic carbocycles. The third kappa shape index (κ3) is 3.42. The lowest BCUT2D eigenvalue weighted by molar-refractivity contribution is -0.141. The van der Waals surface area contributed by atoms with Gasteiger partial charge in [-0.1, -0.05) is 12.1 Å². The highest BCUT2D eigenvalue weighted by molar-refractivity contribution is 5.89. The average molecular weight is 351 g/mol. The number of esters is 1. The molecular formula is C17H16F3N3O2. The predicted molar refractivity (Wildman–Crippen MR) is 85.2 cm³/mol. The van der Waals surface area contributed by atoms with Crippen LogP contribution in [0.25, 0.3) is 11.3 Å². The molecule has 1 atom stereocenters. The first-order valence-electron chi connectivity index (χ1n) is 7.71.